The van der Waals surface area contributed by atoms with Crippen molar-refractivity contribution in [2.24, 2.45) is 0 Å². The third kappa shape index (κ3) is 2.91. The standard InChI is InChI=1S/C11H12BrFO/c1-2-4-9(14)7-8-5-3-6-10(13)11(8)12/h3,5-6H,2,4,7H2,1H3. The Kier molecular flexibility index (Phi) is 4.26. The van der Waals surface area contributed by atoms with Gasteiger partial charge in [-0.05, 0) is 34.0 Å². The van der Waals surface area contributed by atoms with Crippen molar-refractivity contribution in [1.29, 1.82) is 0 Å². The van der Waals surface area contributed by atoms with Gasteiger partial charge in [0, 0.05) is 12.8 Å². The van der Waals surface area contributed by atoms with Gasteiger partial charge in [-0.15, -0.1) is 0 Å². The Labute approximate surface area is 91.5 Å². The molecule has 0 fully saturated rings. The molecule has 1 aromatic carbocycles. The molecular weight excluding hydrogens is 247 g/mol. The van der Waals surface area contributed by atoms with Gasteiger partial charge >= 0.3 is 0 Å². The van der Waals surface area contributed by atoms with Crippen LogP contribution < -0.4 is 0 Å². The van der Waals surface area contributed by atoms with Crippen LogP contribution in [-0.2, 0) is 11.2 Å². The largest absolute Gasteiger partial charge is 0.299 e. The number of benzene rings is 1. The second-order valence-corrected chi connectivity index (χ2v) is 3.97. The molecule has 0 aliphatic heterocycles. The fraction of sp³-hybridized carbons (Fsp3) is 0.364. The second kappa shape index (κ2) is 5.25. The second-order valence-electron chi connectivity index (χ2n) is 3.18. The zero-order valence-corrected chi connectivity index (χ0v) is 9.60. The van der Waals surface area contributed by atoms with Gasteiger partial charge in [0.1, 0.15) is 11.6 Å². The number of ketones is 1. The lowest BCUT2D eigenvalue weighted by molar-refractivity contribution is -0.118. The Balaban J connectivity index is 2.76. The first kappa shape index (κ1) is 11.4. The third-order valence-electron chi connectivity index (χ3n) is 1.95. The van der Waals surface area contributed by atoms with E-state index < -0.39 is 0 Å². The van der Waals surface area contributed by atoms with Crippen molar-refractivity contribution < 1.29 is 9.18 Å². The fourth-order valence-electron chi connectivity index (χ4n) is 1.26. The monoisotopic (exact) mass is 258 g/mol. The maximum atomic E-state index is 13.1. The van der Waals surface area contributed by atoms with E-state index in [-0.39, 0.29) is 11.6 Å². The molecule has 1 nitrogen and oxygen atoms in total. The molecular formula is C11H12BrFO. The molecule has 0 bridgehead atoms. The molecule has 0 heterocycles. The first-order chi connectivity index (χ1) is 6.65. The molecule has 0 radical (unpaired) electrons. The van der Waals surface area contributed by atoms with E-state index in [1.807, 2.05) is 6.92 Å². The summed E-state index contributed by atoms with van der Waals surface area (Å²) < 4.78 is 13.5. The maximum Gasteiger partial charge on any atom is 0.137 e. The highest BCUT2D eigenvalue weighted by Gasteiger charge is 2.08. The van der Waals surface area contributed by atoms with Crippen LogP contribution in [0.2, 0.25) is 0 Å². The molecule has 0 aliphatic carbocycles. The number of Topliss-reactive ketones (excluding diaryl/α,β-unsaturated/α-hetero) is 1. The van der Waals surface area contributed by atoms with Crippen LogP contribution in [0.4, 0.5) is 4.39 Å². The molecule has 0 atom stereocenters. The molecule has 76 valence electrons. The molecule has 0 saturated carbocycles. The zero-order valence-electron chi connectivity index (χ0n) is 8.02. The minimum absolute atomic E-state index is 0.152. The average Bonchev–Trinajstić information content (AvgIpc) is 2.13. The van der Waals surface area contributed by atoms with Crippen LogP contribution in [-0.4, -0.2) is 5.78 Å². The summed E-state index contributed by atoms with van der Waals surface area (Å²) in [6, 6.07) is 4.76. The fourth-order valence-corrected chi connectivity index (χ4v) is 1.67. The van der Waals surface area contributed by atoms with Crippen LogP contribution >= 0.6 is 15.9 Å². The average molecular weight is 259 g/mol. The van der Waals surface area contributed by atoms with Gasteiger partial charge in [0.05, 0.1) is 4.47 Å². The van der Waals surface area contributed by atoms with Crippen LogP contribution in [0.15, 0.2) is 22.7 Å². The molecule has 3 heteroatoms. The molecule has 0 saturated heterocycles. The minimum Gasteiger partial charge on any atom is -0.299 e. The van der Waals surface area contributed by atoms with E-state index in [0.717, 1.165) is 12.0 Å². The van der Waals surface area contributed by atoms with Crippen LogP contribution in [0.3, 0.4) is 0 Å². The molecule has 1 aromatic rings. The highest BCUT2D eigenvalue weighted by molar-refractivity contribution is 9.10. The summed E-state index contributed by atoms with van der Waals surface area (Å²) >= 11 is 3.13. The van der Waals surface area contributed by atoms with Crippen molar-refractivity contribution in [3.63, 3.8) is 0 Å². The quantitative estimate of drug-likeness (QED) is 0.808. The third-order valence-corrected chi connectivity index (χ3v) is 2.84. The van der Waals surface area contributed by atoms with Crippen molar-refractivity contribution in [3.05, 3.63) is 34.1 Å². The number of carbonyl (C=O) groups is 1. The smallest absolute Gasteiger partial charge is 0.137 e. The van der Waals surface area contributed by atoms with E-state index in [9.17, 15) is 9.18 Å². The number of halogens is 2. The molecule has 0 N–H and O–H groups in total. The molecule has 1 rings (SSSR count). The van der Waals surface area contributed by atoms with Crippen molar-refractivity contribution in [2.75, 3.05) is 0 Å². The van der Waals surface area contributed by atoms with E-state index >= 15 is 0 Å². The SMILES string of the molecule is CCCC(=O)Cc1cccc(F)c1Br. The summed E-state index contributed by atoms with van der Waals surface area (Å²) in [7, 11) is 0. The normalized spacial score (nSPS) is 10.2. The van der Waals surface area contributed by atoms with Crippen molar-refractivity contribution in [1.82, 2.24) is 0 Å². The van der Waals surface area contributed by atoms with Crippen molar-refractivity contribution in [3.8, 4) is 0 Å². The van der Waals surface area contributed by atoms with Crippen LogP contribution in [0.5, 0.6) is 0 Å². The van der Waals surface area contributed by atoms with Crippen LogP contribution in [0, 0.1) is 5.82 Å². The molecule has 0 spiro atoms. The van der Waals surface area contributed by atoms with Gasteiger partial charge in [0.25, 0.3) is 0 Å². The van der Waals surface area contributed by atoms with E-state index in [1.54, 1.807) is 12.1 Å². The van der Waals surface area contributed by atoms with Gasteiger partial charge in [-0.3, -0.25) is 4.79 Å². The van der Waals surface area contributed by atoms with E-state index in [2.05, 4.69) is 15.9 Å². The summed E-state index contributed by atoms with van der Waals surface area (Å²) in [6.07, 6.45) is 1.71. The lowest BCUT2D eigenvalue weighted by Crippen LogP contribution is -2.03. The Morgan fingerprint density at radius 3 is 2.86 bits per heavy atom. The summed E-state index contributed by atoms with van der Waals surface area (Å²) in [4.78, 5) is 11.3. The number of rotatable bonds is 4. The maximum absolute atomic E-state index is 13.1. The first-order valence-electron chi connectivity index (χ1n) is 4.59. The Hall–Kier alpha value is -0.700. The van der Waals surface area contributed by atoms with Crippen LogP contribution in [0.25, 0.3) is 0 Å². The van der Waals surface area contributed by atoms with Gasteiger partial charge in [0.15, 0.2) is 0 Å². The molecule has 14 heavy (non-hydrogen) atoms. The van der Waals surface area contributed by atoms with Gasteiger partial charge in [-0.25, -0.2) is 4.39 Å². The number of hydrogen-bond donors (Lipinski definition) is 0. The molecule has 0 unspecified atom stereocenters. The predicted molar refractivity (Wildman–Crippen MR) is 57.7 cm³/mol. The molecule has 0 aliphatic rings. The number of hydrogen-bond acceptors (Lipinski definition) is 1. The van der Waals surface area contributed by atoms with E-state index in [4.69, 9.17) is 0 Å². The molecule has 0 amide bonds. The summed E-state index contributed by atoms with van der Waals surface area (Å²) in [5, 5.41) is 0. The molecule has 0 aromatic heterocycles. The highest BCUT2D eigenvalue weighted by atomic mass is 79.9. The summed E-state index contributed by atoms with van der Waals surface area (Å²) in [5.74, 6) is -0.161. The number of carbonyl (C=O) groups excluding carboxylic acids is 1. The first-order valence-corrected chi connectivity index (χ1v) is 5.39. The topological polar surface area (TPSA) is 17.1 Å². The van der Waals surface area contributed by atoms with Gasteiger partial charge in [0.2, 0.25) is 0 Å². The predicted octanol–water partition coefficient (Wildman–Crippen LogP) is 3.50. The Morgan fingerprint density at radius 2 is 2.21 bits per heavy atom. The van der Waals surface area contributed by atoms with Crippen molar-refractivity contribution >= 4 is 21.7 Å². The van der Waals surface area contributed by atoms with Gasteiger partial charge < -0.3 is 0 Å². The summed E-state index contributed by atoms with van der Waals surface area (Å²) in [6.45, 7) is 1.96. The van der Waals surface area contributed by atoms with Crippen LogP contribution in [0.1, 0.15) is 25.3 Å². The Bertz CT molecular complexity index is 336. The minimum atomic E-state index is -0.313. The van der Waals surface area contributed by atoms with E-state index in [1.165, 1.54) is 6.07 Å². The Morgan fingerprint density at radius 1 is 1.50 bits per heavy atom. The van der Waals surface area contributed by atoms with Crippen molar-refractivity contribution in [2.45, 2.75) is 26.2 Å². The highest BCUT2D eigenvalue weighted by Crippen LogP contribution is 2.21. The van der Waals surface area contributed by atoms with Gasteiger partial charge in [-0.1, -0.05) is 19.1 Å². The summed E-state index contributed by atoms with van der Waals surface area (Å²) in [5.41, 5.74) is 0.725. The lowest BCUT2D eigenvalue weighted by Gasteiger charge is -2.03. The van der Waals surface area contributed by atoms with Gasteiger partial charge in [-0.2, -0.15) is 0 Å². The lowest BCUT2D eigenvalue weighted by atomic mass is 10.1. The van der Waals surface area contributed by atoms with E-state index in [0.29, 0.717) is 17.3 Å². The zero-order chi connectivity index (χ0) is 10.6.